The van der Waals surface area contributed by atoms with Crippen molar-refractivity contribution in [1.29, 1.82) is 0 Å². The molecule has 0 unspecified atom stereocenters. The molecule has 0 aliphatic carbocycles. The number of rotatable bonds is 4. The monoisotopic (exact) mass is 396 g/mol. The quantitative estimate of drug-likeness (QED) is 0.422. The summed E-state index contributed by atoms with van der Waals surface area (Å²) in [6.07, 6.45) is 0.00685. The zero-order valence-electron chi connectivity index (χ0n) is 15.8. The first-order chi connectivity index (χ1) is 14.6. The minimum Gasteiger partial charge on any atom is -0.326 e. The molecule has 0 radical (unpaired) electrons. The summed E-state index contributed by atoms with van der Waals surface area (Å²) in [6.45, 7) is 0.0240. The van der Waals surface area contributed by atoms with Gasteiger partial charge in [-0.05, 0) is 42.5 Å². The van der Waals surface area contributed by atoms with Crippen molar-refractivity contribution >= 4 is 45.5 Å². The lowest BCUT2D eigenvalue weighted by Crippen LogP contribution is -2.32. The molecule has 7 heteroatoms. The molecule has 0 atom stereocenters. The van der Waals surface area contributed by atoms with E-state index in [-0.39, 0.29) is 30.7 Å². The predicted octanol–water partition coefficient (Wildman–Crippen LogP) is 3.41. The van der Waals surface area contributed by atoms with Crippen LogP contribution in [0.3, 0.4) is 0 Å². The Kier molecular flexibility index (Phi) is 4.21. The van der Waals surface area contributed by atoms with Crippen LogP contribution in [0.1, 0.15) is 27.1 Å². The summed E-state index contributed by atoms with van der Waals surface area (Å²) in [5.74, 6) is -1.02. The molecule has 3 aromatic carbocycles. The molecule has 0 bridgehead atoms. The number of carbonyl (C=O) groups excluding carboxylic acids is 3. The second-order valence-corrected chi connectivity index (χ2v) is 7.02. The van der Waals surface area contributed by atoms with E-state index >= 15 is 0 Å². The Hall–Kier alpha value is -4.13. The molecule has 0 saturated heterocycles. The molecule has 0 spiro atoms. The smallest absolute Gasteiger partial charge is 0.261 e. The number of hydrogen-bond donors (Lipinski definition) is 1. The van der Waals surface area contributed by atoms with E-state index < -0.39 is 0 Å². The lowest BCUT2D eigenvalue weighted by atomic mass is 10.1. The summed E-state index contributed by atoms with van der Waals surface area (Å²) in [5, 5.41) is 2.80. The van der Waals surface area contributed by atoms with Gasteiger partial charge in [-0.1, -0.05) is 24.3 Å². The average Bonchev–Trinajstić information content (AvgIpc) is 3.01. The van der Waals surface area contributed by atoms with Gasteiger partial charge in [-0.25, -0.2) is 9.97 Å². The molecule has 5 rings (SSSR count). The highest BCUT2D eigenvalue weighted by Gasteiger charge is 2.34. The van der Waals surface area contributed by atoms with Crippen LogP contribution in [-0.4, -0.2) is 39.1 Å². The van der Waals surface area contributed by atoms with Gasteiger partial charge in [-0.3, -0.25) is 19.3 Å². The fourth-order valence-electron chi connectivity index (χ4n) is 3.58. The van der Waals surface area contributed by atoms with Crippen LogP contribution < -0.4 is 5.32 Å². The van der Waals surface area contributed by atoms with Gasteiger partial charge >= 0.3 is 0 Å². The molecule has 1 aliphatic rings. The van der Waals surface area contributed by atoms with Crippen molar-refractivity contribution in [3.05, 3.63) is 77.9 Å². The van der Waals surface area contributed by atoms with Crippen molar-refractivity contribution in [2.75, 3.05) is 11.9 Å². The third-order valence-corrected chi connectivity index (χ3v) is 5.06. The first-order valence-corrected chi connectivity index (χ1v) is 9.52. The van der Waals surface area contributed by atoms with Crippen molar-refractivity contribution in [2.45, 2.75) is 6.42 Å². The summed E-state index contributed by atoms with van der Waals surface area (Å²) < 4.78 is 0. The molecule has 1 N–H and O–H groups in total. The fourth-order valence-corrected chi connectivity index (χ4v) is 3.58. The van der Waals surface area contributed by atoms with Gasteiger partial charge in [0.05, 0.1) is 33.2 Å². The number of imide groups is 1. The van der Waals surface area contributed by atoms with E-state index in [0.717, 1.165) is 21.5 Å². The van der Waals surface area contributed by atoms with E-state index in [1.807, 2.05) is 24.3 Å². The van der Waals surface area contributed by atoms with Gasteiger partial charge in [0.1, 0.15) is 0 Å². The molecule has 3 amide bonds. The normalized spacial score (nSPS) is 13.1. The predicted molar refractivity (Wildman–Crippen MR) is 112 cm³/mol. The number of carbonyl (C=O) groups is 3. The van der Waals surface area contributed by atoms with Crippen LogP contribution in [0.25, 0.3) is 22.1 Å². The topological polar surface area (TPSA) is 92.3 Å². The van der Waals surface area contributed by atoms with Gasteiger partial charge in [0, 0.05) is 18.7 Å². The molecule has 7 nitrogen and oxygen atoms in total. The van der Waals surface area contributed by atoms with Crippen LogP contribution >= 0.6 is 0 Å². The van der Waals surface area contributed by atoms with E-state index in [1.54, 1.807) is 42.5 Å². The molecular weight excluding hydrogens is 380 g/mol. The number of hydrogen-bond acceptors (Lipinski definition) is 5. The van der Waals surface area contributed by atoms with Crippen LogP contribution in [0.2, 0.25) is 0 Å². The van der Waals surface area contributed by atoms with Gasteiger partial charge in [0.15, 0.2) is 0 Å². The van der Waals surface area contributed by atoms with Crippen molar-refractivity contribution in [3.8, 4) is 0 Å². The van der Waals surface area contributed by atoms with Gasteiger partial charge in [-0.15, -0.1) is 0 Å². The molecule has 30 heavy (non-hydrogen) atoms. The van der Waals surface area contributed by atoms with Crippen LogP contribution in [0.15, 0.2) is 66.7 Å². The SMILES string of the molecule is O=C(CCN1C(=O)c2ccccc2C1=O)Nc1ccc2nc3ccccc3nc2c1. The fraction of sp³-hybridized carbons (Fsp3) is 0.0870. The van der Waals surface area contributed by atoms with Crippen molar-refractivity contribution in [3.63, 3.8) is 0 Å². The molecule has 2 heterocycles. The van der Waals surface area contributed by atoms with Gasteiger partial charge < -0.3 is 5.32 Å². The number of fused-ring (bicyclic) bond motifs is 3. The number of para-hydroxylation sites is 2. The highest BCUT2D eigenvalue weighted by molar-refractivity contribution is 6.21. The van der Waals surface area contributed by atoms with E-state index in [2.05, 4.69) is 15.3 Å². The first kappa shape index (κ1) is 17.9. The average molecular weight is 396 g/mol. The summed E-state index contributed by atoms with van der Waals surface area (Å²) in [7, 11) is 0. The highest BCUT2D eigenvalue weighted by atomic mass is 16.2. The largest absolute Gasteiger partial charge is 0.326 e. The van der Waals surface area contributed by atoms with Crippen molar-refractivity contribution in [1.82, 2.24) is 14.9 Å². The Balaban J connectivity index is 1.29. The maximum absolute atomic E-state index is 12.4. The van der Waals surface area contributed by atoms with Crippen LogP contribution in [0.4, 0.5) is 5.69 Å². The van der Waals surface area contributed by atoms with Gasteiger partial charge in [0.25, 0.3) is 11.8 Å². The number of nitrogens with zero attached hydrogens (tertiary/aromatic N) is 3. The number of anilines is 1. The maximum atomic E-state index is 12.4. The molecule has 0 saturated carbocycles. The summed E-state index contributed by atoms with van der Waals surface area (Å²) in [6, 6.07) is 19.6. The lowest BCUT2D eigenvalue weighted by Gasteiger charge is -2.13. The summed E-state index contributed by atoms with van der Waals surface area (Å²) >= 11 is 0. The Morgan fingerprint density at radius 2 is 1.33 bits per heavy atom. The standard InChI is InChI=1S/C23H16N4O3/c28-21(11-12-27-22(29)15-5-1-2-6-16(15)23(27)30)24-14-9-10-19-20(13-14)26-18-8-4-3-7-17(18)25-19/h1-10,13H,11-12H2,(H,24,28). The minimum atomic E-state index is -0.365. The van der Waals surface area contributed by atoms with E-state index in [1.165, 1.54) is 0 Å². The lowest BCUT2D eigenvalue weighted by molar-refractivity contribution is -0.116. The number of nitrogens with one attached hydrogen (secondary N) is 1. The Morgan fingerprint density at radius 3 is 2.00 bits per heavy atom. The third kappa shape index (κ3) is 3.06. The maximum Gasteiger partial charge on any atom is 0.261 e. The summed E-state index contributed by atoms with van der Waals surface area (Å²) in [4.78, 5) is 47.5. The zero-order chi connectivity index (χ0) is 20.7. The van der Waals surface area contributed by atoms with E-state index in [0.29, 0.717) is 22.3 Å². The van der Waals surface area contributed by atoms with Crippen LogP contribution in [0.5, 0.6) is 0 Å². The molecule has 0 fully saturated rings. The Morgan fingerprint density at radius 1 is 0.767 bits per heavy atom. The van der Waals surface area contributed by atoms with Crippen molar-refractivity contribution < 1.29 is 14.4 Å². The van der Waals surface area contributed by atoms with E-state index in [4.69, 9.17) is 0 Å². The number of amides is 3. The van der Waals surface area contributed by atoms with Gasteiger partial charge in [0.2, 0.25) is 5.91 Å². The zero-order valence-corrected chi connectivity index (χ0v) is 15.8. The molecular formula is C23H16N4O3. The van der Waals surface area contributed by atoms with Crippen LogP contribution in [0, 0.1) is 0 Å². The van der Waals surface area contributed by atoms with Crippen molar-refractivity contribution in [2.24, 2.45) is 0 Å². The third-order valence-electron chi connectivity index (χ3n) is 5.06. The Labute approximate surface area is 171 Å². The van der Waals surface area contributed by atoms with E-state index in [9.17, 15) is 14.4 Å². The molecule has 4 aromatic rings. The molecule has 146 valence electrons. The molecule has 1 aliphatic heterocycles. The number of benzene rings is 3. The first-order valence-electron chi connectivity index (χ1n) is 9.52. The Bertz CT molecular complexity index is 1310. The minimum absolute atomic E-state index is 0.00685. The van der Waals surface area contributed by atoms with Gasteiger partial charge in [-0.2, -0.15) is 0 Å². The second-order valence-electron chi connectivity index (χ2n) is 7.02. The number of aromatic nitrogens is 2. The van der Waals surface area contributed by atoms with Crippen LogP contribution in [-0.2, 0) is 4.79 Å². The summed E-state index contributed by atoms with van der Waals surface area (Å²) in [5.41, 5.74) is 4.33. The second kappa shape index (κ2) is 7.04. The highest BCUT2D eigenvalue weighted by Crippen LogP contribution is 2.23. The molecule has 1 aromatic heterocycles.